The number of amides is 2. The number of halogens is 1. The van der Waals surface area contributed by atoms with Crippen molar-refractivity contribution in [1.82, 2.24) is 14.8 Å². The van der Waals surface area contributed by atoms with Crippen LogP contribution in [0.1, 0.15) is 45.7 Å². The lowest BCUT2D eigenvalue weighted by molar-refractivity contribution is -0.384. The van der Waals surface area contributed by atoms with E-state index in [1.54, 1.807) is 28.9 Å². The van der Waals surface area contributed by atoms with Gasteiger partial charge in [0.05, 0.1) is 10.5 Å². The Labute approximate surface area is 210 Å². The van der Waals surface area contributed by atoms with Crippen LogP contribution in [0.5, 0.6) is 0 Å². The molecule has 11 heteroatoms. The Morgan fingerprint density at radius 2 is 1.86 bits per heavy atom. The lowest BCUT2D eigenvalue weighted by Gasteiger charge is -2.34. The fourth-order valence-electron chi connectivity index (χ4n) is 5.26. The smallest absolute Gasteiger partial charge is 0.294 e. The number of aromatic amines is 1. The van der Waals surface area contributed by atoms with E-state index in [0.29, 0.717) is 66.6 Å². The Hall–Kier alpha value is -3.21. The first-order chi connectivity index (χ1) is 16.7. The maximum Gasteiger partial charge on any atom is 0.294 e. The van der Waals surface area contributed by atoms with Crippen molar-refractivity contribution in [2.45, 2.75) is 32.2 Å². The van der Waals surface area contributed by atoms with Crippen LogP contribution in [-0.4, -0.2) is 63.7 Å². The van der Waals surface area contributed by atoms with E-state index >= 15 is 0 Å². The summed E-state index contributed by atoms with van der Waals surface area (Å²) in [6.45, 7) is 3.91. The van der Waals surface area contributed by atoms with E-state index in [1.165, 1.54) is 12.1 Å². The van der Waals surface area contributed by atoms with Gasteiger partial charge in [0.15, 0.2) is 0 Å². The summed E-state index contributed by atoms with van der Waals surface area (Å²) in [5.74, 6) is 0.615. The lowest BCUT2D eigenvalue weighted by atomic mass is 10.0. The van der Waals surface area contributed by atoms with Crippen molar-refractivity contribution < 1.29 is 14.5 Å². The number of hydrogen-bond acceptors (Lipinski definition) is 6. The van der Waals surface area contributed by atoms with Gasteiger partial charge in [-0.2, -0.15) is 0 Å². The average molecular weight is 544 g/mol. The Morgan fingerprint density at radius 3 is 2.54 bits per heavy atom. The molecule has 2 aromatic rings. The van der Waals surface area contributed by atoms with Crippen molar-refractivity contribution >= 4 is 39.1 Å². The Bertz CT molecular complexity index is 1270. The number of anilines is 1. The molecule has 2 amide bonds. The minimum atomic E-state index is -0.490. The highest BCUT2D eigenvalue weighted by Gasteiger charge is 2.47. The standard InChI is InChI=1S/C24H26BrN5O5/c1-13-5-14(7-21(31)26-13)23(32)28-4-2-3-18(12-28)27-22-19(8-17(25)9-20(22)30(34)35)24(33)29-10-15-6-16(15)11-29/h5,7-9,15-16,18,27H,2-4,6,10-12H2,1H3,(H,26,31)/t15?,16?,18-/m1/s1. The van der Waals surface area contributed by atoms with Gasteiger partial charge in [-0.3, -0.25) is 24.5 Å². The number of hydrogen-bond donors (Lipinski definition) is 2. The van der Waals surface area contributed by atoms with Gasteiger partial charge in [0.1, 0.15) is 5.69 Å². The van der Waals surface area contributed by atoms with Gasteiger partial charge in [-0.25, -0.2) is 0 Å². The summed E-state index contributed by atoms with van der Waals surface area (Å²) in [4.78, 5) is 55.8. The molecule has 5 rings (SSSR count). The van der Waals surface area contributed by atoms with Gasteiger partial charge in [-0.1, -0.05) is 15.9 Å². The molecule has 0 spiro atoms. The van der Waals surface area contributed by atoms with E-state index in [9.17, 15) is 24.5 Å². The second kappa shape index (κ2) is 9.10. The number of carbonyl (C=O) groups is 2. The second-order valence-electron chi connectivity index (χ2n) is 9.72. The number of piperidine rings is 2. The van der Waals surface area contributed by atoms with E-state index in [-0.39, 0.29) is 40.4 Å². The molecule has 184 valence electrons. The number of nitrogens with one attached hydrogen (secondary N) is 2. The van der Waals surface area contributed by atoms with E-state index < -0.39 is 4.92 Å². The van der Waals surface area contributed by atoms with Crippen molar-refractivity contribution in [2.24, 2.45) is 11.8 Å². The predicted octanol–water partition coefficient (Wildman–Crippen LogP) is 3.16. The number of rotatable bonds is 5. The first kappa shape index (κ1) is 23.5. The highest BCUT2D eigenvalue weighted by molar-refractivity contribution is 9.10. The number of H-pyrrole nitrogens is 1. The van der Waals surface area contributed by atoms with Crippen LogP contribution in [0.3, 0.4) is 0 Å². The fraction of sp³-hybridized carbons (Fsp3) is 0.458. The number of fused-ring (bicyclic) bond motifs is 1. The third-order valence-electron chi connectivity index (χ3n) is 7.06. The number of benzene rings is 1. The van der Waals surface area contributed by atoms with Crippen LogP contribution in [-0.2, 0) is 0 Å². The number of aromatic nitrogens is 1. The normalized spacial score (nSPS) is 23.1. The molecule has 3 fully saturated rings. The Morgan fingerprint density at radius 1 is 1.11 bits per heavy atom. The zero-order valence-electron chi connectivity index (χ0n) is 19.3. The zero-order valence-corrected chi connectivity index (χ0v) is 20.8. The SMILES string of the molecule is Cc1cc(C(=O)N2CCC[C@@H](Nc3c(C(=O)N4CC5CC5C4)cc(Br)cc3[N+](=O)[O-])C2)cc(=O)[nH]1. The number of pyridine rings is 1. The second-order valence-corrected chi connectivity index (χ2v) is 10.6. The van der Waals surface area contributed by atoms with Gasteiger partial charge in [0.25, 0.3) is 17.5 Å². The summed E-state index contributed by atoms with van der Waals surface area (Å²) in [6.07, 6.45) is 2.52. The van der Waals surface area contributed by atoms with E-state index in [0.717, 1.165) is 6.42 Å². The summed E-state index contributed by atoms with van der Waals surface area (Å²) in [7, 11) is 0. The van der Waals surface area contributed by atoms with Crippen molar-refractivity contribution in [3.63, 3.8) is 0 Å². The van der Waals surface area contributed by atoms with Crippen LogP contribution in [0, 0.1) is 28.9 Å². The number of aryl methyl sites for hydroxylation is 1. The van der Waals surface area contributed by atoms with Gasteiger partial charge in [-0.15, -0.1) is 0 Å². The lowest BCUT2D eigenvalue weighted by Crippen LogP contribution is -2.45. The molecule has 0 bridgehead atoms. The van der Waals surface area contributed by atoms with Gasteiger partial charge in [0.2, 0.25) is 5.56 Å². The Kier molecular flexibility index (Phi) is 6.12. The van der Waals surface area contributed by atoms with Crippen molar-refractivity contribution in [3.05, 3.63) is 66.0 Å². The number of nitro benzene ring substituents is 1. The quantitative estimate of drug-likeness (QED) is 0.440. The molecule has 2 N–H and O–H groups in total. The average Bonchev–Trinajstić information content (AvgIpc) is 3.43. The molecule has 3 atom stereocenters. The minimum Gasteiger partial charge on any atom is -0.374 e. The molecule has 0 radical (unpaired) electrons. The molecule has 1 aromatic carbocycles. The van der Waals surface area contributed by atoms with Gasteiger partial charge in [-0.05, 0) is 50.2 Å². The molecule has 35 heavy (non-hydrogen) atoms. The molecule has 1 aliphatic carbocycles. The van der Waals surface area contributed by atoms with E-state index in [4.69, 9.17) is 0 Å². The summed E-state index contributed by atoms with van der Waals surface area (Å²) >= 11 is 3.32. The largest absolute Gasteiger partial charge is 0.374 e. The number of nitrogens with zero attached hydrogens (tertiary/aromatic N) is 3. The highest BCUT2D eigenvalue weighted by Crippen LogP contribution is 2.46. The van der Waals surface area contributed by atoms with Crippen molar-refractivity contribution in [2.75, 3.05) is 31.5 Å². The number of carbonyl (C=O) groups excluding carboxylic acids is 2. The molecule has 1 aromatic heterocycles. The molecule has 2 unspecified atom stereocenters. The first-order valence-corrected chi connectivity index (χ1v) is 12.5. The topological polar surface area (TPSA) is 129 Å². The van der Waals surface area contributed by atoms with Crippen LogP contribution in [0.15, 0.2) is 33.5 Å². The third-order valence-corrected chi connectivity index (χ3v) is 7.52. The van der Waals surface area contributed by atoms with Gasteiger partial charge >= 0.3 is 0 Å². The maximum absolute atomic E-state index is 13.4. The van der Waals surface area contributed by atoms with Crippen LogP contribution in [0.2, 0.25) is 0 Å². The van der Waals surface area contributed by atoms with Gasteiger partial charge in [0, 0.05) is 60.1 Å². The summed E-state index contributed by atoms with van der Waals surface area (Å²) in [5, 5.41) is 15.2. The molecule has 10 nitrogen and oxygen atoms in total. The van der Waals surface area contributed by atoms with Crippen LogP contribution < -0.4 is 10.9 Å². The maximum atomic E-state index is 13.4. The van der Waals surface area contributed by atoms with E-state index in [2.05, 4.69) is 26.2 Å². The highest BCUT2D eigenvalue weighted by atomic mass is 79.9. The molecule has 1 saturated carbocycles. The monoisotopic (exact) mass is 543 g/mol. The third kappa shape index (κ3) is 4.82. The molecule has 3 heterocycles. The zero-order chi connectivity index (χ0) is 24.9. The summed E-state index contributed by atoms with van der Waals surface area (Å²) in [6, 6.07) is 5.66. The molecule has 3 aliphatic rings. The summed E-state index contributed by atoms with van der Waals surface area (Å²) < 4.78 is 0.465. The number of likely N-dealkylation sites (tertiary alicyclic amines) is 2. The fourth-order valence-corrected chi connectivity index (χ4v) is 5.71. The summed E-state index contributed by atoms with van der Waals surface area (Å²) in [5.41, 5.74) is 0.843. The van der Waals surface area contributed by atoms with Crippen molar-refractivity contribution in [3.8, 4) is 0 Å². The molecular weight excluding hydrogens is 518 g/mol. The van der Waals surface area contributed by atoms with Crippen LogP contribution in [0.4, 0.5) is 11.4 Å². The van der Waals surface area contributed by atoms with Crippen LogP contribution in [0.25, 0.3) is 0 Å². The number of nitro groups is 1. The van der Waals surface area contributed by atoms with Crippen LogP contribution >= 0.6 is 15.9 Å². The molecule has 2 aliphatic heterocycles. The molecule has 2 saturated heterocycles. The van der Waals surface area contributed by atoms with Gasteiger partial charge < -0.3 is 20.1 Å². The first-order valence-electron chi connectivity index (χ1n) is 11.7. The minimum absolute atomic E-state index is 0.180. The van der Waals surface area contributed by atoms with Crippen molar-refractivity contribution in [1.29, 1.82) is 0 Å². The molecular formula is C24H26BrN5O5. The Balaban J connectivity index is 1.40. The predicted molar refractivity (Wildman–Crippen MR) is 133 cm³/mol. The van der Waals surface area contributed by atoms with E-state index in [1.807, 2.05) is 0 Å².